The van der Waals surface area contributed by atoms with E-state index in [-0.39, 0.29) is 22.7 Å². The van der Waals surface area contributed by atoms with Crippen LogP contribution in [-0.4, -0.2) is 17.9 Å². The summed E-state index contributed by atoms with van der Waals surface area (Å²) < 4.78 is 5.93. The lowest BCUT2D eigenvalue weighted by Crippen LogP contribution is -2.14. The summed E-state index contributed by atoms with van der Waals surface area (Å²) >= 11 is 3.29. The molecule has 0 fully saturated rings. The number of nitro benzene ring substituents is 1. The van der Waals surface area contributed by atoms with Crippen molar-refractivity contribution < 1.29 is 14.5 Å². The van der Waals surface area contributed by atoms with Crippen LogP contribution in [0.3, 0.4) is 0 Å². The van der Waals surface area contributed by atoms with E-state index in [2.05, 4.69) is 21.2 Å². The van der Waals surface area contributed by atoms with Gasteiger partial charge in [-0.1, -0.05) is 15.9 Å². The standard InChI is InChI=1S/C14H12BrN3O4/c1-22-13-7-11(16)12(18(20)21)6-10(13)14(19)17-9-4-2-8(15)3-5-9/h2-7H,16H2,1H3,(H,17,19). The third-order valence-electron chi connectivity index (χ3n) is 2.89. The molecule has 22 heavy (non-hydrogen) atoms. The highest BCUT2D eigenvalue weighted by molar-refractivity contribution is 9.10. The topological polar surface area (TPSA) is 107 Å². The number of nitrogens with two attached hydrogens (primary N) is 1. The molecule has 2 rings (SSSR count). The van der Waals surface area contributed by atoms with Crippen LogP contribution >= 0.6 is 15.9 Å². The van der Waals surface area contributed by atoms with Gasteiger partial charge >= 0.3 is 0 Å². The van der Waals surface area contributed by atoms with Crippen LogP contribution < -0.4 is 15.8 Å². The van der Waals surface area contributed by atoms with Gasteiger partial charge in [0.25, 0.3) is 11.6 Å². The number of carbonyl (C=O) groups is 1. The molecule has 114 valence electrons. The van der Waals surface area contributed by atoms with E-state index < -0.39 is 10.8 Å². The van der Waals surface area contributed by atoms with Gasteiger partial charge in [0.15, 0.2) is 0 Å². The van der Waals surface area contributed by atoms with Gasteiger partial charge in [0.2, 0.25) is 0 Å². The first kappa shape index (κ1) is 15.8. The zero-order valence-electron chi connectivity index (χ0n) is 11.5. The smallest absolute Gasteiger partial charge is 0.293 e. The minimum Gasteiger partial charge on any atom is -0.496 e. The fraction of sp³-hybridized carbons (Fsp3) is 0.0714. The summed E-state index contributed by atoms with van der Waals surface area (Å²) in [5.74, 6) is -0.361. The number of nitrogens with one attached hydrogen (secondary N) is 1. The van der Waals surface area contributed by atoms with Crippen LogP contribution in [0, 0.1) is 10.1 Å². The van der Waals surface area contributed by atoms with Gasteiger partial charge < -0.3 is 15.8 Å². The molecule has 0 unspecified atom stereocenters. The number of nitro groups is 1. The Bertz CT molecular complexity index is 732. The Kier molecular flexibility index (Phi) is 4.62. The predicted octanol–water partition coefficient (Wildman–Crippen LogP) is 3.20. The van der Waals surface area contributed by atoms with E-state index >= 15 is 0 Å². The van der Waals surface area contributed by atoms with E-state index in [0.717, 1.165) is 10.5 Å². The molecule has 0 heterocycles. The van der Waals surface area contributed by atoms with Gasteiger partial charge in [0.1, 0.15) is 11.4 Å². The number of halogens is 1. The lowest BCUT2D eigenvalue weighted by molar-refractivity contribution is -0.383. The third-order valence-corrected chi connectivity index (χ3v) is 3.42. The SMILES string of the molecule is COc1cc(N)c([N+](=O)[O-])cc1C(=O)Nc1ccc(Br)cc1. The number of nitrogen functional groups attached to an aromatic ring is 1. The second-order valence-electron chi connectivity index (χ2n) is 4.33. The van der Waals surface area contributed by atoms with Crippen molar-refractivity contribution in [3.8, 4) is 5.75 Å². The average Bonchev–Trinajstić information content (AvgIpc) is 2.48. The maximum atomic E-state index is 12.3. The molecule has 0 aliphatic rings. The van der Waals surface area contributed by atoms with E-state index in [0.29, 0.717) is 5.69 Å². The summed E-state index contributed by atoms with van der Waals surface area (Å²) in [4.78, 5) is 22.6. The maximum Gasteiger partial charge on any atom is 0.293 e. The quantitative estimate of drug-likeness (QED) is 0.491. The van der Waals surface area contributed by atoms with E-state index in [4.69, 9.17) is 10.5 Å². The fourth-order valence-electron chi connectivity index (χ4n) is 1.82. The van der Waals surface area contributed by atoms with Gasteiger partial charge in [-0.05, 0) is 24.3 Å². The number of ether oxygens (including phenoxy) is 1. The molecule has 0 saturated heterocycles. The van der Waals surface area contributed by atoms with Gasteiger partial charge in [-0.15, -0.1) is 0 Å². The largest absolute Gasteiger partial charge is 0.496 e. The molecule has 8 heteroatoms. The van der Waals surface area contributed by atoms with E-state index in [9.17, 15) is 14.9 Å². The summed E-state index contributed by atoms with van der Waals surface area (Å²) in [5.41, 5.74) is 5.75. The van der Waals surface area contributed by atoms with Crippen LogP contribution in [-0.2, 0) is 0 Å². The minimum atomic E-state index is -0.648. The third kappa shape index (κ3) is 3.34. The van der Waals surface area contributed by atoms with Crippen LogP contribution in [0.1, 0.15) is 10.4 Å². The van der Waals surface area contributed by atoms with Gasteiger partial charge in [0.05, 0.1) is 17.6 Å². The maximum absolute atomic E-state index is 12.3. The Balaban J connectivity index is 2.37. The van der Waals surface area contributed by atoms with Crippen molar-refractivity contribution >= 4 is 38.9 Å². The van der Waals surface area contributed by atoms with Gasteiger partial charge in [0, 0.05) is 22.3 Å². The van der Waals surface area contributed by atoms with Crippen LogP contribution in [0.25, 0.3) is 0 Å². The number of benzene rings is 2. The van der Waals surface area contributed by atoms with Crippen LogP contribution in [0.5, 0.6) is 5.75 Å². The van der Waals surface area contributed by atoms with Gasteiger partial charge in [-0.3, -0.25) is 14.9 Å². The predicted molar refractivity (Wildman–Crippen MR) is 86.2 cm³/mol. The molecular weight excluding hydrogens is 354 g/mol. The van der Waals surface area contributed by atoms with Crippen LogP contribution in [0.15, 0.2) is 40.9 Å². The molecule has 0 atom stereocenters. The molecule has 0 aromatic heterocycles. The van der Waals surface area contributed by atoms with Crippen LogP contribution in [0.4, 0.5) is 17.1 Å². The highest BCUT2D eigenvalue weighted by Crippen LogP contribution is 2.31. The number of hydrogen-bond acceptors (Lipinski definition) is 5. The zero-order chi connectivity index (χ0) is 16.3. The second-order valence-corrected chi connectivity index (χ2v) is 5.25. The van der Waals surface area contributed by atoms with Crippen molar-refractivity contribution in [1.29, 1.82) is 0 Å². The molecule has 0 spiro atoms. The number of hydrogen-bond donors (Lipinski definition) is 2. The lowest BCUT2D eigenvalue weighted by atomic mass is 10.1. The monoisotopic (exact) mass is 365 g/mol. The number of carbonyl (C=O) groups excluding carboxylic acids is 1. The number of anilines is 2. The highest BCUT2D eigenvalue weighted by atomic mass is 79.9. The summed E-state index contributed by atoms with van der Waals surface area (Å²) in [7, 11) is 1.36. The molecule has 0 aliphatic heterocycles. The van der Waals surface area contributed by atoms with Gasteiger partial charge in [-0.2, -0.15) is 0 Å². The van der Waals surface area contributed by atoms with Gasteiger partial charge in [-0.25, -0.2) is 0 Å². The molecule has 0 radical (unpaired) electrons. The van der Waals surface area contributed by atoms with E-state index in [1.54, 1.807) is 24.3 Å². The van der Waals surface area contributed by atoms with Crippen molar-refractivity contribution in [3.05, 3.63) is 56.5 Å². The Labute approximate surface area is 134 Å². The molecule has 7 nitrogen and oxygen atoms in total. The summed E-state index contributed by atoms with van der Waals surface area (Å²) in [6.45, 7) is 0. The Hall–Kier alpha value is -2.61. The molecule has 0 bridgehead atoms. The molecule has 1 amide bonds. The Morgan fingerprint density at radius 3 is 2.50 bits per heavy atom. The van der Waals surface area contributed by atoms with E-state index in [1.807, 2.05) is 0 Å². The molecule has 3 N–H and O–H groups in total. The molecular formula is C14H12BrN3O4. The molecule has 0 saturated carbocycles. The summed E-state index contributed by atoms with van der Waals surface area (Å²) in [6, 6.07) is 9.27. The fourth-order valence-corrected chi connectivity index (χ4v) is 2.08. The first-order chi connectivity index (χ1) is 10.4. The Morgan fingerprint density at radius 2 is 1.95 bits per heavy atom. The first-order valence-corrected chi connectivity index (χ1v) is 6.90. The van der Waals surface area contributed by atoms with Crippen molar-refractivity contribution in [2.24, 2.45) is 0 Å². The number of nitrogens with zero attached hydrogens (tertiary/aromatic N) is 1. The number of amides is 1. The molecule has 2 aromatic carbocycles. The van der Waals surface area contributed by atoms with Crippen molar-refractivity contribution in [2.45, 2.75) is 0 Å². The molecule has 0 aliphatic carbocycles. The second kappa shape index (κ2) is 6.44. The van der Waals surface area contributed by atoms with E-state index in [1.165, 1.54) is 13.2 Å². The first-order valence-electron chi connectivity index (χ1n) is 6.11. The minimum absolute atomic E-state index is 0.0336. The summed E-state index contributed by atoms with van der Waals surface area (Å²) in [5, 5.41) is 13.6. The number of methoxy groups -OCH3 is 1. The molecule has 2 aromatic rings. The lowest BCUT2D eigenvalue weighted by Gasteiger charge is -2.10. The summed E-state index contributed by atoms with van der Waals surface area (Å²) in [6.07, 6.45) is 0. The normalized spacial score (nSPS) is 10.1. The average molecular weight is 366 g/mol. The van der Waals surface area contributed by atoms with Crippen molar-refractivity contribution in [2.75, 3.05) is 18.2 Å². The zero-order valence-corrected chi connectivity index (χ0v) is 13.1. The van der Waals surface area contributed by atoms with Crippen LogP contribution in [0.2, 0.25) is 0 Å². The van der Waals surface area contributed by atoms with Crippen molar-refractivity contribution in [3.63, 3.8) is 0 Å². The highest BCUT2D eigenvalue weighted by Gasteiger charge is 2.21. The van der Waals surface area contributed by atoms with Crippen molar-refractivity contribution in [1.82, 2.24) is 0 Å². The Morgan fingerprint density at radius 1 is 1.32 bits per heavy atom. The number of rotatable bonds is 4.